The van der Waals surface area contributed by atoms with Crippen LogP contribution in [0.15, 0.2) is 18.2 Å². The highest BCUT2D eigenvalue weighted by Gasteiger charge is 2.46. The van der Waals surface area contributed by atoms with E-state index >= 15 is 0 Å². The van der Waals surface area contributed by atoms with Crippen molar-refractivity contribution in [3.63, 3.8) is 0 Å². The number of nitrogens with one attached hydrogen (secondary N) is 1. The van der Waals surface area contributed by atoms with Gasteiger partial charge in [0.25, 0.3) is 0 Å². The SMILES string of the molecule is ONCc1ccc2c(c1)OCC1(CC1)CO2. The summed E-state index contributed by atoms with van der Waals surface area (Å²) >= 11 is 0. The van der Waals surface area contributed by atoms with Gasteiger partial charge in [-0.3, -0.25) is 0 Å². The Hall–Kier alpha value is -1.26. The largest absolute Gasteiger partial charge is 0.489 e. The van der Waals surface area contributed by atoms with E-state index < -0.39 is 0 Å². The Morgan fingerprint density at radius 2 is 1.94 bits per heavy atom. The van der Waals surface area contributed by atoms with Gasteiger partial charge in [-0.15, -0.1) is 0 Å². The number of hydroxylamine groups is 1. The number of hydrogen-bond acceptors (Lipinski definition) is 4. The molecule has 1 fully saturated rings. The first-order valence-electron chi connectivity index (χ1n) is 5.57. The molecule has 0 atom stereocenters. The fourth-order valence-corrected chi connectivity index (χ4v) is 1.95. The van der Waals surface area contributed by atoms with E-state index in [-0.39, 0.29) is 5.41 Å². The smallest absolute Gasteiger partial charge is 0.161 e. The van der Waals surface area contributed by atoms with Crippen LogP contribution in [0.25, 0.3) is 0 Å². The van der Waals surface area contributed by atoms with Crippen molar-refractivity contribution in [1.82, 2.24) is 5.48 Å². The number of fused-ring (bicyclic) bond motifs is 1. The van der Waals surface area contributed by atoms with Gasteiger partial charge in [-0.2, -0.15) is 0 Å². The maximum Gasteiger partial charge on any atom is 0.161 e. The molecule has 4 nitrogen and oxygen atoms in total. The molecule has 2 N–H and O–H groups in total. The van der Waals surface area contributed by atoms with Gasteiger partial charge in [0.2, 0.25) is 0 Å². The van der Waals surface area contributed by atoms with Crippen LogP contribution in [0.1, 0.15) is 18.4 Å². The molecule has 0 aromatic heterocycles. The van der Waals surface area contributed by atoms with Crippen LogP contribution >= 0.6 is 0 Å². The monoisotopic (exact) mass is 221 g/mol. The summed E-state index contributed by atoms with van der Waals surface area (Å²) in [5.41, 5.74) is 3.39. The van der Waals surface area contributed by atoms with Crippen LogP contribution in [0.3, 0.4) is 0 Å². The van der Waals surface area contributed by atoms with Gasteiger partial charge in [0.05, 0.1) is 13.2 Å². The molecule has 1 heterocycles. The van der Waals surface area contributed by atoms with E-state index in [0.717, 1.165) is 30.3 Å². The third-order valence-corrected chi connectivity index (χ3v) is 3.32. The first-order valence-corrected chi connectivity index (χ1v) is 5.57. The van der Waals surface area contributed by atoms with Crippen LogP contribution < -0.4 is 15.0 Å². The molecular weight excluding hydrogens is 206 g/mol. The standard InChI is InChI=1S/C12H15NO3/c14-13-6-9-1-2-10-11(5-9)16-8-12(3-4-12)7-15-10/h1-2,5,13-14H,3-4,6-8H2. The Labute approximate surface area is 94.1 Å². The molecule has 3 rings (SSSR count). The lowest BCUT2D eigenvalue weighted by Gasteiger charge is -2.09. The second-order valence-electron chi connectivity index (χ2n) is 4.69. The van der Waals surface area contributed by atoms with Crippen molar-refractivity contribution in [2.45, 2.75) is 19.4 Å². The Morgan fingerprint density at radius 3 is 2.62 bits per heavy atom. The lowest BCUT2D eigenvalue weighted by atomic mass is 10.1. The molecule has 4 heteroatoms. The molecule has 0 amide bonds. The molecule has 0 unspecified atom stereocenters. The van der Waals surface area contributed by atoms with Crippen LogP contribution in [0.2, 0.25) is 0 Å². The quantitative estimate of drug-likeness (QED) is 0.746. The van der Waals surface area contributed by atoms with Crippen molar-refractivity contribution in [3.05, 3.63) is 23.8 Å². The van der Waals surface area contributed by atoms with E-state index in [1.165, 1.54) is 12.8 Å². The summed E-state index contributed by atoms with van der Waals surface area (Å²) in [5, 5.41) is 8.65. The van der Waals surface area contributed by atoms with Gasteiger partial charge in [-0.05, 0) is 30.5 Å². The third-order valence-electron chi connectivity index (χ3n) is 3.32. The lowest BCUT2D eigenvalue weighted by molar-refractivity contribution is 0.161. The van der Waals surface area contributed by atoms with E-state index in [1.807, 2.05) is 18.2 Å². The molecular formula is C12H15NO3. The minimum Gasteiger partial charge on any atom is -0.489 e. The highest BCUT2D eigenvalue weighted by atomic mass is 16.5. The Morgan fingerprint density at radius 1 is 1.19 bits per heavy atom. The van der Waals surface area contributed by atoms with Crippen LogP contribution in [0.4, 0.5) is 0 Å². The normalized spacial score (nSPS) is 20.6. The molecule has 86 valence electrons. The van der Waals surface area contributed by atoms with Gasteiger partial charge in [-0.1, -0.05) is 6.07 Å². The zero-order valence-electron chi connectivity index (χ0n) is 9.03. The molecule has 1 spiro atoms. The van der Waals surface area contributed by atoms with Gasteiger partial charge >= 0.3 is 0 Å². The number of rotatable bonds is 2. The minimum absolute atomic E-state index is 0.272. The van der Waals surface area contributed by atoms with Gasteiger partial charge in [0.15, 0.2) is 11.5 Å². The molecule has 16 heavy (non-hydrogen) atoms. The van der Waals surface area contributed by atoms with E-state index in [1.54, 1.807) is 0 Å². The van der Waals surface area contributed by atoms with E-state index in [0.29, 0.717) is 6.54 Å². The highest BCUT2D eigenvalue weighted by molar-refractivity contribution is 5.43. The summed E-state index contributed by atoms with van der Waals surface area (Å²) in [6, 6.07) is 5.75. The van der Waals surface area contributed by atoms with Crippen molar-refractivity contribution >= 4 is 0 Å². The highest BCUT2D eigenvalue weighted by Crippen LogP contribution is 2.49. The number of ether oxygens (including phenoxy) is 2. The van der Waals surface area contributed by atoms with Crippen molar-refractivity contribution in [3.8, 4) is 11.5 Å². The summed E-state index contributed by atoms with van der Waals surface area (Å²) in [6.07, 6.45) is 2.40. The fraction of sp³-hybridized carbons (Fsp3) is 0.500. The molecule has 1 aromatic rings. The molecule has 1 aliphatic heterocycles. The maximum atomic E-state index is 8.65. The van der Waals surface area contributed by atoms with Crippen LogP contribution in [-0.4, -0.2) is 18.4 Å². The molecule has 0 bridgehead atoms. The van der Waals surface area contributed by atoms with Crippen molar-refractivity contribution in [1.29, 1.82) is 0 Å². The Balaban J connectivity index is 1.83. The molecule has 2 aliphatic rings. The third kappa shape index (κ3) is 1.74. The van der Waals surface area contributed by atoms with Crippen molar-refractivity contribution in [2.24, 2.45) is 5.41 Å². The molecule has 1 saturated carbocycles. The summed E-state index contributed by atoms with van der Waals surface area (Å²) in [4.78, 5) is 0. The topological polar surface area (TPSA) is 50.7 Å². The van der Waals surface area contributed by atoms with Crippen molar-refractivity contribution < 1.29 is 14.7 Å². The number of benzene rings is 1. The predicted molar refractivity (Wildman–Crippen MR) is 57.7 cm³/mol. The summed E-state index contributed by atoms with van der Waals surface area (Å²) in [7, 11) is 0. The van der Waals surface area contributed by atoms with E-state index in [9.17, 15) is 0 Å². The van der Waals surface area contributed by atoms with E-state index in [2.05, 4.69) is 5.48 Å². The molecule has 0 radical (unpaired) electrons. The van der Waals surface area contributed by atoms with Gasteiger partial charge in [-0.25, -0.2) is 5.48 Å². The van der Waals surface area contributed by atoms with Crippen LogP contribution in [0.5, 0.6) is 11.5 Å². The number of hydrogen-bond donors (Lipinski definition) is 2. The lowest BCUT2D eigenvalue weighted by Crippen LogP contribution is -2.17. The first kappa shape index (κ1) is 9.93. The zero-order chi connectivity index (χ0) is 11.0. The fourth-order valence-electron chi connectivity index (χ4n) is 1.95. The van der Waals surface area contributed by atoms with Crippen LogP contribution in [0, 0.1) is 5.41 Å². The molecule has 0 saturated heterocycles. The van der Waals surface area contributed by atoms with Gasteiger partial charge in [0.1, 0.15) is 0 Å². The van der Waals surface area contributed by atoms with E-state index in [4.69, 9.17) is 14.7 Å². The Bertz CT molecular complexity index is 401. The summed E-state index contributed by atoms with van der Waals surface area (Å²) in [6.45, 7) is 1.93. The second kappa shape index (κ2) is 3.64. The maximum absolute atomic E-state index is 8.65. The molecule has 1 aromatic carbocycles. The Kier molecular flexibility index (Phi) is 2.26. The summed E-state index contributed by atoms with van der Waals surface area (Å²) < 4.78 is 11.5. The molecule has 1 aliphatic carbocycles. The zero-order valence-corrected chi connectivity index (χ0v) is 9.03. The first-order chi connectivity index (χ1) is 7.81. The van der Waals surface area contributed by atoms with Crippen molar-refractivity contribution in [2.75, 3.05) is 13.2 Å². The van der Waals surface area contributed by atoms with Gasteiger partial charge < -0.3 is 14.7 Å². The second-order valence-corrected chi connectivity index (χ2v) is 4.69. The summed E-state index contributed by atoms with van der Waals surface area (Å²) in [5.74, 6) is 1.60. The average Bonchev–Trinajstić information content (AvgIpc) is 3.08. The average molecular weight is 221 g/mol. The minimum atomic E-state index is 0.272. The van der Waals surface area contributed by atoms with Crippen LogP contribution in [-0.2, 0) is 6.54 Å². The van der Waals surface area contributed by atoms with Gasteiger partial charge in [0, 0.05) is 12.0 Å². The predicted octanol–water partition coefficient (Wildman–Crippen LogP) is 1.72.